The molecule has 4 rings (SSSR count). The Morgan fingerprint density at radius 2 is 1.84 bits per heavy atom. The summed E-state index contributed by atoms with van der Waals surface area (Å²) in [4.78, 5) is 22.0. The highest BCUT2D eigenvalue weighted by Gasteiger charge is 2.32. The van der Waals surface area contributed by atoms with E-state index < -0.39 is 10.0 Å². The van der Waals surface area contributed by atoms with Crippen molar-refractivity contribution < 1.29 is 13.2 Å². The predicted octanol–water partition coefficient (Wildman–Crippen LogP) is 2.91. The molecular formula is C24H32N4O3S. The van der Waals surface area contributed by atoms with Crippen molar-refractivity contribution >= 4 is 15.9 Å². The summed E-state index contributed by atoms with van der Waals surface area (Å²) < 4.78 is 28.1. The molecule has 3 heterocycles. The molecule has 1 amide bonds. The van der Waals surface area contributed by atoms with Crippen LogP contribution in [0.15, 0.2) is 47.5 Å². The number of aromatic nitrogens is 1. The van der Waals surface area contributed by atoms with Crippen molar-refractivity contribution in [2.24, 2.45) is 0 Å². The lowest BCUT2D eigenvalue weighted by molar-refractivity contribution is 0.0626. The van der Waals surface area contributed by atoms with Crippen molar-refractivity contribution in [3.63, 3.8) is 0 Å². The molecule has 0 aliphatic carbocycles. The number of rotatable bonds is 5. The van der Waals surface area contributed by atoms with Gasteiger partial charge in [0.1, 0.15) is 0 Å². The number of nitrogens with zero attached hydrogens (tertiary/aromatic N) is 4. The molecular weight excluding hydrogens is 424 g/mol. The molecule has 2 aliphatic heterocycles. The average Bonchev–Trinajstić information content (AvgIpc) is 2.80. The fourth-order valence-corrected chi connectivity index (χ4v) is 6.28. The molecule has 1 atom stereocenters. The number of hydrogen-bond donors (Lipinski definition) is 0. The molecule has 1 aromatic heterocycles. The fraction of sp³-hybridized carbons (Fsp3) is 0.500. The monoisotopic (exact) mass is 456 g/mol. The maximum Gasteiger partial charge on any atom is 0.254 e. The highest BCUT2D eigenvalue weighted by Crippen LogP contribution is 2.27. The summed E-state index contributed by atoms with van der Waals surface area (Å²) in [6, 6.07) is 10.9. The summed E-state index contributed by atoms with van der Waals surface area (Å²) in [5.41, 5.74) is 2.30. The van der Waals surface area contributed by atoms with E-state index in [2.05, 4.69) is 9.88 Å². The molecule has 0 radical (unpaired) electrons. The van der Waals surface area contributed by atoms with Gasteiger partial charge in [-0.2, -0.15) is 4.31 Å². The highest BCUT2D eigenvalue weighted by atomic mass is 32.2. The Bertz CT molecular complexity index is 1050. The van der Waals surface area contributed by atoms with Crippen LogP contribution in [0.4, 0.5) is 0 Å². The first-order valence-corrected chi connectivity index (χ1v) is 12.8. The van der Waals surface area contributed by atoms with Gasteiger partial charge in [-0.25, -0.2) is 8.42 Å². The third kappa shape index (κ3) is 4.87. The van der Waals surface area contributed by atoms with Crippen LogP contribution in [0.5, 0.6) is 0 Å². The van der Waals surface area contributed by atoms with Crippen LogP contribution in [0.3, 0.4) is 0 Å². The molecule has 1 unspecified atom stereocenters. The maximum atomic E-state index is 13.3. The van der Waals surface area contributed by atoms with E-state index >= 15 is 0 Å². The van der Waals surface area contributed by atoms with Crippen LogP contribution >= 0.6 is 0 Å². The number of aryl methyl sites for hydroxylation is 1. The second-order valence-electron chi connectivity index (χ2n) is 8.83. The van der Waals surface area contributed by atoms with Crippen LogP contribution < -0.4 is 0 Å². The zero-order chi connectivity index (χ0) is 22.7. The van der Waals surface area contributed by atoms with Gasteiger partial charge in [0.15, 0.2) is 0 Å². The maximum absolute atomic E-state index is 13.3. The van der Waals surface area contributed by atoms with Crippen LogP contribution in [-0.4, -0.2) is 72.2 Å². The Labute approximate surface area is 191 Å². The van der Waals surface area contributed by atoms with Crippen molar-refractivity contribution in [1.29, 1.82) is 0 Å². The Morgan fingerprint density at radius 1 is 1.06 bits per heavy atom. The van der Waals surface area contributed by atoms with Crippen molar-refractivity contribution in [3.05, 3.63) is 59.4 Å². The number of carbonyl (C=O) groups is 1. The Balaban J connectivity index is 1.46. The molecule has 0 saturated carbocycles. The fourth-order valence-electron chi connectivity index (χ4n) is 4.56. The Kier molecular flexibility index (Phi) is 6.93. The van der Waals surface area contributed by atoms with Gasteiger partial charge in [0.2, 0.25) is 10.0 Å². The minimum Gasteiger partial charge on any atom is -0.336 e. The number of hydrogen-bond acceptors (Lipinski definition) is 5. The van der Waals surface area contributed by atoms with E-state index in [9.17, 15) is 13.2 Å². The second-order valence-corrected chi connectivity index (χ2v) is 10.7. The summed E-state index contributed by atoms with van der Waals surface area (Å²) in [5.74, 6) is -0.0938. The lowest BCUT2D eigenvalue weighted by Gasteiger charge is -2.35. The third-order valence-corrected chi connectivity index (χ3v) is 8.57. The van der Waals surface area contributed by atoms with Gasteiger partial charge in [-0.3, -0.25) is 14.7 Å². The smallest absolute Gasteiger partial charge is 0.254 e. The van der Waals surface area contributed by atoms with Gasteiger partial charge in [0, 0.05) is 57.1 Å². The minimum absolute atomic E-state index is 0.0126. The summed E-state index contributed by atoms with van der Waals surface area (Å²) in [7, 11) is -3.61. The number of piperidine rings is 1. The normalized spacial score (nSPS) is 20.9. The second kappa shape index (κ2) is 9.68. The van der Waals surface area contributed by atoms with Crippen molar-refractivity contribution in [1.82, 2.24) is 19.1 Å². The van der Waals surface area contributed by atoms with Gasteiger partial charge in [0.25, 0.3) is 5.91 Å². The largest absolute Gasteiger partial charge is 0.336 e. The van der Waals surface area contributed by atoms with Gasteiger partial charge in [-0.1, -0.05) is 18.6 Å². The van der Waals surface area contributed by atoms with E-state index in [-0.39, 0.29) is 16.8 Å². The van der Waals surface area contributed by atoms with Crippen LogP contribution in [0, 0.1) is 6.92 Å². The van der Waals surface area contributed by atoms with Gasteiger partial charge >= 0.3 is 0 Å². The predicted molar refractivity (Wildman–Crippen MR) is 124 cm³/mol. The SMILES string of the molecule is Cc1ccc(S(=O)(=O)N2CCCCC2C)cc1C(=O)N1CCN(Cc2ccccn2)CC1. The molecule has 0 bridgehead atoms. The zero-order valence-corrected chi connectivity index (χ0v) is 19.7. The Morgan fingerprint density at radius 3 is 2.53 bits per heavy atom. The van der Waals surface area contributed by atoms with Crippen LogP contribution in [0.25, 0.3) is 0 Å². The summed E-state index contributed by atoms with van der Waals surface area (Å²) in [6.45, 7) is 7.90. The molecule has 7 nitrogen and oxygen atoms in total. The third-order valence-electron chi connectivity index (χ3n) is 6.56. The lowest BCUT2D eigenvalue weighted by atomic mass is 10.1. The van der Waals surface area contributed by atoms with E-state index in [1.165, 1.54) is 0 Å². The molecule has 2 aliphatic rings. The number of piperazine rings is 1. The molecule has 0 N–H and O–H groups in total. The summed E-state index contributed by atoms with van der Waals surface area (Å²) in [6.07, 6.45) is 4.60. The summed E-state index contributed by atoms with van der Waals surface area (Å²) >= 11 is 0. The first-order chi connectivity index (χ1) is 15.4. The molecule has 172 valence electrons. The molecule has 1 aromatic carbocycles. The minimum atomic E-state index is -3.61. The zero-order valence-electron chi connectivity index (χ0n) is 18.9. The standard InChI is InChI=1S/C24H32N4O3S/c1-19-9-10-22(32(30,31)28-12-6-4-7-20(28)2)17-23(19)24(29)27-15-13-26(14-16-27)18-21-8-3-5-11-25-21/h3,5,8-11,17,20H,4,6-7,12-16,18H2,1-2H3. The van der Waals surface area contributed by atoms with Crippen LogP contribution in [0.2, 0.25) is 0 Å². The van der Waals surface area contributed by atoms with Crippen LogP contribution in [-0.2, 0) is 16.6 Å². The number of pyridine rings is 1. The molecule has 8 heteroatoms. The van der Waals surface area contributed by atoms with E-state index in [0.717, 1.165) is 50.2 Å². The van der Waals surface area contributed by atoms with E-state index in [1.807, 2.05) is 36.9 Å². The van der Waals surface area contributed by atoms with Gasteiger partial charge in [0.05, 0.1) is 10.6 Å². The van der Waals surface area contributed by atoms with Gasteiger partial charge in [-0.05, 0) is 56.5 Å². The first kappa shape index (κ1) is 22.9. The molecule has 0 spiro atoms. The number of benzene rings is 1. The van der Waals surface area contributed by atoms with E-state index in [1.54, 1.807) is 28.7 Å². The molecule has 2 saturated heterocycles. The van der Waals surface area contributed by atoms with Crippen molar-refractivity contribution in [2.75, 3.05) is 32.7 Å². The molecule has 32 heavy (non-hydrogen) atoms. The number of carbonyl (C=O) groups excluding carboxylic acids is 1. The van der Waals surface area contributed by atoms with Crippen LogP contribution in [0.1, 0.15) is 47.8 Å². The van der Waals surface area contributed by atoms with Crippen molar-refractivity contribution in [3.8, 4) is 0 Å². The molecule has 2 aromatic rings. The quantitative estimate of drug-likeness (QED) is 0.692. The van der Waals surface area contributed by atoms with Gasteiger partial charge in [-0.15, -0.1) is 0 Å². The average molecular weight is 457 g/mol. The Hall–Kier alpha value is -2.29. The number of amides is 1. The molecule has 2 fully saturated rings. The number of sulfonamides is 1. The van der Waals surface area contributed by atoms with E-state index in [4.69, 9.17) is 0 Å². The van der Waals surface area contributed by atoms with E-state index in [0.29, 0.717) is 25.2 Å². The highest BCUT2D eigenvalue weighted by molar-refractivity contribution is 7.89. The van der Waals surface area contributed by atoms with Gasteiger partial charge < -0.3 is 4.90 Å². The van der Waals surface area contributed by atoms with Crippen molar-refractivity contribution in [2.45, 2.75) is 50.6 Å². The first-order valence-electron chi connectivity index (χ1n) is 11.4. The topological polar surface area (TPSA) is 73.8 Å². The summed E-state index contributed by atoms with van der Waals surface area (Å²) in [5, 5.41) is 0. The lowest BCUT2D eigenvalue weighted by Crippen LogP contribution is -2.48.